The SMILES string of the molecule is COC(=O)C(Nc1ccccc1)c1ccsc1. The Labute approximate surface area is 104 Å². The van der Waals surface area contributed by atoms with Gasteiger partial charge in [0.05, 0.1) is 7.11 Å². The monoisotopic (exact) mass is 247 g/mol. The first-order chi connectivity index (χ1) is 8.31. The van der Waals surface area contributed by atoms with Crippen molar-refractivity contribution in [3.63, 3.8) is 0 Å². The second kappa shape index (κ2) is 5.50. The third kappa shape index (κ3) is 2.85. The van der Waals surface area contributed by atoms with E-state index in [9.17, 15) is 4.79 Å². The van der Waals surface area contributed by atoms with Crippen LogP contribution in [0.15, 0.2) is 47.2 Å². The molecular formula is C13H13NO2S. The van der Waals surface area contributed by atoms with Gasteiger partial charge >= 0.3 is 5.97 Å². The number of benzene rings is 1. The number of hydrogen-bond acceptors (Lipinski definition) is 4. The summed E-state index contributed by atoms with van der Waals surface area (Å²) in [7, 11) is 1.40. The number of esters is 1. The van der Waals surface area contributed by atoms with E-state index in [1.54, 1.807) is 11.3 Å². The molecule has 4 heteroatoms. The van der Waals surface area contributed by atoms with Gasteiger partial charge in [-0.2, -0.15) is 11.3 Å². The van der Waals surface area contributed by atoms with Gasteiger partial charge < -0.3 is 10.1 Å². The van der Waals surface area contributed by atoms with Gasteiger partial charge in [-0.25, -0.2) is 4.79 Å². The normalized spacial score (nSPS) is 11.8. The molecule has 0 saturated carbocycles. The molecule has 0 aliphatic carbocycles. The fourth-order valence-corrected chi connectivity index (χ4v) is 2.22. The minimum absolute atomic E-state index is 0.285. The summed E-state index contributed by atoms with van der Waals surface area (Å²) in [5.74, 6) is -0.285. The third-order valence-electron chi connectivity index (χ3n) is 2.40. The number of nitrogens with one attached hydrogen (secondary N) is 1. The lowest BCUT2D eigenvalue weighted by atomic mass is 10.1. The van der Waals surface area contributed by atoms with Crippen molar-refractivity contribution in [2.45, 2.75) is 6.04 Å². The van der Waals surface area contributed by atoms with Gasteiger partial charge in [-0.3, -0.25) is 0 Å². The molecule has 0 bridgehead atoms. The zero-order chi connectivity index (χ0) is 12.1. The molecule has 1 N–H and O–H groups in total. The Kier molecular flexibility index (Phi) is 3.77. The number of ether oxygens (including phenoxy) is 1. The Morgan fingerprint density at radius 2 is 2.06 bits per heavy atom. The minimum atomic E-state index is -0.450. The van der Waals surface area contributed by atoms with Gasteiger partial charge in [-0.1, -0.05) is 18.2 Å². The summed E-state index contributed by atoms with van der Waals surface area (Å²) in [4.78, 5) is 11.7. The molecular weight excluding hydrogens is 234 g/mol. The zero-order valence-corrected chi connectivity index (χ0v) is 10.2. The standard InChI is InChI=1S/C13H13NO2S/c1-16-13(15)12(10-7-8-17-9-10)14-11-5-3-2-4-6-11/h2-9,12,14H,1H3. The Morgan fingerprint density at radius 3 is 2.65 bits per heavy atom. The summed E-state index contributed by atoms with van der Waals surface area (Å²) >= 11 is 1.56. The van der Waals surface area contributed by atoms with Gasteiger partial charge in [0.25, 0.3) is 0 Å². The van der Waals surface area contributed by atoms with E-state index in [-0.39, 0.29) is 5.97 Å². The van der Waals surface area contributed by atoms with E-state index < -0.39 is 6.04 Å². The smallest absolute Gasteiger partial charge is 0.333 e. The van der Waals surface area contributed by atoms with Crippen LogP contribution < -0.4 is 5.32 Å². The van der Waals surface area contributed by atoms with Crippen LogP contribution in [-0.4, -0.2) is 13.1 Å². The molecule has 88 valence electrons. The average molecular weight is 247 g/mol. The summed E-state index contributed by atoms with van der Waals surface area (Å²) in [6, 6.07) is 11.1. The lowest BCUT2D eigenvalue weighted by molar-refractivity contribution is -0.141. The predicted molar refractivity (Wildman–Crippen MR) is 69.1 cm³/mol. The fourth-order valence-electron chi connectivity index (χ4n) is 1.54. The van der Waals surface area contributed by atoms with Crippen molar-refractivity contribution in [1.29, 1.82) is 0 Å². The van der Waals surface area contributed by atoms with Gasteiger partial charge in [-0.05, 0) is 34.5 Å². The summed E-state index contributed by atoms with van der Waals surface area (Å²) < 4.78 is 4.81. The lowest BCUT2D eigenvalue weighted by Crippen LogP contribution is -2.21. The van der Waals surface area contributed by atoms with E-state index >= 15 is 0 Å². The van der Waals surface area contributed by atoms with Crippen LogP contribution in [0.5, 0.6) is 0 Å². The highest BCUT2D eigenvalue weighted by molar-refractivity contribution is 7.08. The van der Waals surface area contributed by atoms with Crippen molar-refractivity contribution in [3.8, 4) is 0 Å². The van der Waals surface area contributed by atoms with Crippen LogP contribution in [0.25, 0.3) is 0 Å². The van der Waals surface area contributed by atoms with Crippen molar-refractivity contribution < 1.29 is 9.53 Å². The Bertz CT molecular complexity index is 467. The molecule has 0 fully saturated rings. The van der Waals surface area contributed by atoms with Crippen LogP contribution in [0.2, 0.25) is 0 Å². The average Bonchev–Trinajstić information content (AvgIpc) is 2.90. The van der Waals surface area contributed by atoms with Crippen LogP contribution in [0, 0.1) is 0 Å². The van der Waals surface area contributed by atoms with Gasteiger partial charge in [0.2, 0.25) is 0 Å². The van der Waals surface area contributed by atoms with E-state index in [2.05, 4.69) is 5.32 Å². The molecule has 2 rings (SSSR count). The Hall–Kier alpha value is -1.81. The minimum Gasteiger partial charge on any atom is -0.467 e. The second-order valence-corrected chi connectivity index (χ2v) is 4.30. The number of carbonyl (C=O) groups is 1. The number of carbonyl (C=O) groups excluding carboxylic acids is 1. The fraction of sp³-hybridized carbons (Fsp3) is 0.154. The van der Waals surface area contributed by atoms with E-state index in [1.165, 1.54) is 7.11 Å². The molecule has 1 aromatic heterocycles. The molecule has 1 heterocycles. The van der Waals surface area contributed by atoms with Crippen molar-refractivity contribution in [2.24, 2.45) is 0 Å². The maximum Gasteiger partial charge on any atom is 0.333 e. The molecule has 0 aliphatic rings. The van der Waals surface area contributed by atoms with Crippen LogP contribution in [0.1, 0.15) is 11.6 Å². The van der Waals surface area contributed by atoms with Gasteiger partial charge in [0, 0.05) is 5.69 Å². The van der Waals surface area contributed by atoms with Crippen molar-refractivity contribution in [2.75, 3.05) is 12.4 Å². The van der Waals surface area contributed by atoms with E-state index in [0.717, 1.165) is 11.3 Å². The molecule has 0 amide bonds. The first-order valence-electron chi connectivity index (χ1n) is 5.23. The largest absolute Gasteiger partial charge is 0.467 e. The highest BCUT2D eigenvalue weighted by Gasteiger charge is 2.21. The first-order valence-corrected chi connectivity index (χ1v) is 6.17. The number of rotatable bonds is 4. The number of methoxy groups -OCH3 is 1. The molecule has 17 heavy (non-hydrogen) atoms. The molecule has 0 saturated heterocycles. The first kappa shape index (κ1) is 11.7. The quantitative estimate of drug-likeness (QED) is 0.844. The van der Waals surface area contributed by atoms with Crippen molar-refractivity contribution >= 4 is 23.0 Å². The summed E-state index contributed by atoms with van der Waals surface area (Å²) in [5, 5.41) is 7.05. The summed E-state index contributed by atoms with van der Waals surface area (Å²) in [6.07, 6.45) is 0. The van der Waals surface area contributed by atoms with Crippen LogP contribution in [-0.2, 0) is 9.53 Å². The number of hydrogen-bond donors (Lipinski definition) is 1. The van der Waals surface area contributed by atoms with Gasteiger partial charge in [-0.15, -0.1) is 0 Å². The molecule has 1 unspecified atom stereocenters. The van der Waals surface area contributed by atoms with Crippen LogP contribution in [0.3, 0.4) is 0 Å². The zero-order valence-electron chi connectivity index (χ0n) is 9.42. The number of para-hydroxylation sites is 1. The van der Waals surface area contributed by atoms with Crippen LogP contribution >= 0.6 is 11.3 Å². The molecule has 0 radical (unpaired) electrons. The molecule has 2 aromatic rings. The summed E-state index contributed by atoms with van der Waals surface area (Å²) in [6.45, 7) is 0. The maximum atomic E-state index is 11.7. The highest BCUT2D eigenvalue weighted by atomic mass is 32.1. The number of anilines is 1. The molecule has 3 nitrogen and oxygen atoms in total. The van der Waals surface area contributed by atoms with Gasteiger partial charge in [0.1, 0.15) is 0 Å². The summed E-state index contributed by atoms with van der Waals surface area (Å²) in [5.41, 5.74) is 1.82. The van der Waals surface area contributed by atoms with Crippen molar-refractivity contribution in [1.82, 2.24) is 0 Å². The lowest BCUT2D eigenvalue weighted by Gasteiger charge is -2.16. The van der Waals surface area contributed by atoms with E-state index in [1.807, 2.05) is 47.2 Å². The van der Waals surface area contributed by atoms with Crippen molar-refractivity contribution in [3.05, 3.63) is 52.7 Å². The maximum absolute atomic E-state index is 11.7. The molecule has 0 spiro atoms. The Balaban J connectivity index is 2.20. The Morgan fingerprint density at radius 1 is 1.29 bits per heavy atom. The topological polar surface area (TPSA) is 38.3 Å². The predicted octanol–water partition coefficient (Wildman–Crippen LogP) is 3.07. The second-order valence-electron chi connectivity index (χ2n) is 3.52. The third-order valence-corrected chi connectivity index (χ3v) is 3.10. The number of thiophene rings is 1. The van der Waals surface area contributed by atoms with Crippen LogP contribution in [0.4, 0.5) is 5.69 Å². The molecule has 1 aromatic carbocycles. The highest BCUT2D eigenvalue weighted by Crippen LogP contribution is 2.22. The van der Waals surface area contributed by atoms with E-state index in [4.69, 9.17) is 4.74 Å². The van der Waals surface area contributed by atoms with Gasteiger partial charge in [0.15, 0.2) is 6.04 Å². The molecule has 0 aliphatic heterocycles. The molecule has 1 atom stereocenters. The van der Waals surface area contributed by atoms with E-state index in [0.29, 0.717) is 0 Å².